The van der Waals surface area contributed by atoms with E-state index in [1.54, 1.807) is 33.7 Å². The number of nitrogens with zero attached hydrogens (tertiary/aromatic N) is 3. The predicted octanol–water partition coefficient (Wildman–Crippen LogP) is 3.36. The van der Waals surface area contributed by atoms with Crippen molar-refractivity contribution >= 4 is 23.2 Å². The Balaban J connectivity index is 2.56. The van der Waals surface area contributed by atoms with E-state index in [0.29, 0.717) is 30.2 Å². The first-order valence-electron chi connectivity index (χ1n) is 6.79. The molecule has 0 saturated carbocycles. The van der Waals surface area contributed by atoms with Crippen molar-refractivity contribution in [2.45, 2.75) is 13.3 Å². The molecule has 0 aliphatic rings. The average molecular weight is 304 g/mol. The van der Waals surface area contributed by atoms with E-state index in [1.807, 2.05) is 13.0 Å². The van der Waals surface area contributed by atoms with Gasteiger partial charge < -0.3 is 4.90 Å². The van der Waals surface area contributed by atoms with Crippen molar-refractivity contribution in [2.24, 2.45) is 0 Å². The summed E-state index contributed by atoms with van der Waals surface area (Å²) in [7, 11) is 0. The van der Waals surface area contributed by atoms with Gasteiger partial charge in [-0.1, -0.05) is 30.7 Å². The van der Waals surface area contributed by atoms with Gasteiger partial charge in [0, 0.05) is 19.3 Å². The fourth-order valence-corrected chi connectivity index (χ4v) is 2.40. The molecule has 2 rings (SSSR count). The molecule has 0 fully saturated rings. The molecule has 110 valence electrons. The van der Waals surface area contributed by atoms with Crippen LogP contribution in [0.25, 0.3) is 5.65 Å². The minimum atomic E-state index is -0.0959. The lowest BCUT2D eigenvalue weighted by Gasteiger charge is -2.19. The van der Waals surface area contributed by atoms with Gasteiger partial charge in [0.05, 0.1) is 10.7 Å². The van der Waals surface area contributed by atoms with Crippen LogP contribution in [0.15, 0.2) is 43.6 Å². The summed E-state index contributed by atoms with van der Waals surface area (Å²) in [6.07, 6.45) is 5.79. The molecule has 0 saturated heterocycles. The maximum absolute atomic E-state index is 12.8. The summed E-state index contributed by atoms with van der Waals surface area (Å²) in [5.41, 5.74) is 2.04. The van der Waals surface area contributed by atoms with Crippen LogP contribution in [0.5, 0.6) is 0 Å². The van der Waals surface area contributed by atoms with Crippen molar-refractivity contribution in [2.75, 3.05) is 13.1 Å². The molecule has 0 N–H and O–H groups in total. The number of carbonyl (C=O) groups is 1. The molecule has 0 bridgehead atoms. The molecule has 0 aliphatic heterocycles. The van der Waals surface area contributed by atoms with Crippen LogP contribution in [-0.2, 0) is 6.42 Å². The minimum absolute atomic E-state index is 0.0959. The van der Waals surface area contributed by atoms with E-state index in [4.69, 9.17) is 11.6 Å². The first kappa shape index (κ1) is 15.3. The van der Waals surface area contributed by atoms with Crippen molar-refractivity contribution in [3.8, 4) is 0 Å². The molecule has 1 amide bonds. The highest BCUT2D eigenvalue weighted by Gasteiger charge is 2.22. The van der Waals surface area contributed by atoms with Crippen molar-refractivity contribution in [3.63, 3.8) is 0 Å². The fourth-order valence-electron chi connectivity index (χ4n) is 2.24. The maximum atomic E-state index is 12.8. The van der Waals surface area contributed by atoms with Crippen molar-refractivity contribution < 1.29 is 4.79 Å². The van der Waals surface area contributed by atoms with Crippen LogP contribution in [0.3, 0.4) is 0 Å². The summed E-state index contributed by atoms with van der Waals surface area (Å²) in [6, 6.07) is 3.58. The lowest BCUT2D eigenvalue weighted by atomic mass is 10.2. The predicted molar refractivity (Wildman–Crippen MR) is 85.9 cm³/mol. The van der Waals surface area contributed by atoms with Gasteiger partial charge in [-0.05, 0) is 18.6 Å². The van der Waals surface area contributed by atoms with E-state index in [9.17, 15) is 4.79 Å². The summed E-state index contributed by atoms with van der Waals surface area (Å²) in [5, 5.41) is 0.565. The Bertz CT molecular complexity index is 680. The second kappa shape index (κ2) is 6.59. The number of rotatable bonds is 6. The Morgan fingerprint density at radius 2 is 2.05 bits per heavy atom. The highest BCUT2D eigenvalue weighted by molar-refractivity contribution is 6.30. The number of pyridine rings is 1. The lowest BCUT2D eigenvalue weighted by Crippen LogP contribution is -2.32. The largest absolute Gasteiger partial charge is 0.330 e. The van der Waals surface area contributed by atoms with Gasteiger partial charge in [-0.2, -0.15) is 0 Å². The molecule has 5 heteroatoms. The van der Waals surface area contributed by atoms with Crippen LogP contribution in [0, 0.1) is 0 Å². The van der Waals surface area contributed by atoms with Gasteiger partial charge in [0.25, 0.3) is 5.91 Å². The average Bonchev–Trinajstić information content (AvgIpc) is 2.84. The number of halogens is 1. The number of hydrogen-bond acceptors (Lipinski definition) is 2. The Morgan fingerprint density at radius 3 is 2.62 bits per heavy atom. The van der Waals surface area contributed by atoms with Crippen LogP contribution < -0.4 is 0 Å². The molecule has 4 nitrogen and oxygen atoms in total. The van der Waals surface area contributed by atoms with Gasteiger partial charge in [0.2, 0.25) is 0 Å². The third-order valence-corrected chi connectivity index (χ3v) is 3.40. The van der Waals surface area contributed by atoms with Crippen LogP contribution in [0.1, 0.15) is 23.1 Å². The Kier molecular flexibility index (Phi) is 4.81. The smallest absolute Gasteiger partial charge is 0.273 e. The van der Waals surface area contributed by atoms with Crippen LogP contribution >= 0.6 is 11.6 Å². The second-order valence-corrected chi connectivity index (χ2v) is 5.06. The molecule has 0 atom stereocenters. The Hall–Kier alpha value is -2.07. The van der Waals surface area contributed by atoms with Crippen molar-refractivity contribution in [3.05, 3.63) is 60.0 Å². The highest BCUT2D eigenvalue weighted by atomic mass is 35.5. The zero-order valence-corrected chi connectivity index (χ0v) is 12.8. The Morgan fingerprint density at radius 1 is 1.38 bits per heavy atom. The minimum Gasteiger partial charge on any atom is -0.330 e. The summed E-state index contributed by atoms with van der Waals surface area (Å²) in [5.74, 6) is -0.0959. The van der Waals surface area contributed by atoms with Crippen LogP contribution in [0.2, 0.25) is 5.02 Å². The number of amides is 1. The number of carbonyl (C=O) groups excluding carboxylic acids is 1. The topological polar surface area (TPSA) is 37.6 Å². The monoisotopic (exact) mass is 303 g/mol. The zero-order valence-electron chi connectivity index (χ0n) is 12.1. The van der Waals surface area contributed by atoms with E-state index in [0.717, 1.165) is 11.3 Å². The third kappa shape index (κ3) is 3.00. The lowest BCUT2D eigenvalue weighted by molar-refractivity contribution is 0.0783. The molecule has 0 aromatic carbocycles. The quantitative estimate of drug-likeness (QED) is 0.767. The van der Waals surface area contributed by atoms with E-state index >= 15 is 0 Å². The number of aryl methyl sites for hydroxylation is 1. The normalized spacial score (nSPS) is 10.6. The molecule has 2 aromatic heterocycles. The van der Waals surface area contributed by atoms with E-state index in [-0.39, 0.29) is 5.91 Å². The Labute approximate surface area is 129 Å². The third-order valence-electron chi connectivity index (χ3n) is 3.18. The van der Waals surface area contributed by atoms with Crippen molar-refractivity contribution in [1.82, 2.24) is 14.3 Å². The molecule has 21 heavy (non-hydrogen) atoms. The molecule has 2 heterocycles. The summed E-state index contributed by atoms with van der Waals surface area (Å²) < 4.78 is 1.75. The van der Waals surface area contributed by atoms with Crippen LogP contribution in [0.4, 0.5) is 0 Å². The van der Waals surface area contributed by atoms with Gasteiger partial charge in [0.1, 0.15) is 11.3 Å². The zero-order chi connectivity index (χ0) is 15.4. The number of hydrogen-bond donors (Lipinski definition) is 0. The number of fused-ring (bicyclic) bond motifs is 1. The van der Waals surface area contributed by atoms with Gasteiger partial charge in [0.15, 0.2) is 0 Å². The SMILES string of the molecule is C=CCN(CC=C)C(=O)c1c(CC)nc2ccc(Cl)cn12. The molecular formula is C16H18ClN3O. The van der Waals surface area contributed by atoms with Crippen molar-refractivity contribution in [1.29, 1.82) is 0 Å². The molecule has 0 aliphatic carbocycles. The number of aromatic nitrogens is 2. The van der Waals surface area contributed by atoms with Gasteiger partial charge in [-0.15, -0.1) is 13.2 Å². The van der Waals surface area contributed by atoms with E-state index in [1.165, 1.54) is 0 Å². The summed E-state index contributed by atoms with van der Waals surface area (Å²) in [4.78, 5) is 19.0. The fraction of sp³-hybridized carbons (Fsp3) is 0.250. The highest BCUT2D eigenvalue weighted by Crippen LogP contribution is 2.19. The summed E-state index contributed by atoms with van der Waals surface area (Å²) in [6.45, 7) is 10.3. The van der Waals surface area contributed by atoms with Crippen LogP contribution in [-0.4, -0.2) is 33.3 Å². The van der Waals surface area contributed by atoms with E-state index < -0.39 is 0 Å². The number of imidazole rings is 1. The second-order valence-electron chi connectivity index (χ2n) is 4.62. The maximum Gasteiger partial charge on any atom is 0.273 e. The molecule has 0 unspecified atom stereocenters. The molecule has 0 radical (unpaired) electrons. The van der Waals surface area contributed by atoms with Gasteiger partial charge in [-0.25, -0.2) is 4.98 Å². The molecule has 2 aromatic rings. The van der Waals surface area contributed by atoms with Gasteiger partial charge in [-0.3, -0.25) is 9.20 Å². The standard InChI is InChI=1S/C16H18ClN3O/c1-4-9-19(10-5-2)16(21)15-13(6-3)18-14-8-7-12(17)11-20(14)15/h4-5,7-8,11H,1-2,6,9-10H2,3H3. The molecule has 0 spiro atoms. The van der Waals surface area contributed by atoms with Gasteiger partial charge >= 0.3 is 0 Å². The first-order chi connectivity index (χ1) is 10.1. The first-order valence-corrected chi connectivity index (χ1v) is 7.17. The van der Waals surface area contributed by atoms with E-state index in [2.05, 4.69) is 18.1 Å². The molecular weight excluding hydrogens is 286 g/mol. The summed E-state index contributed by atoms with van der Waals surface area (Å²) >= 11 is 6.04.